The van der Waals surface area contributed by atoms with E-state index in [2.05, 4.69) is 25.9 Å². The van der Waals surface area contributed by atoms with Gasteiger partial charge in [-0.25, -0.2) is 5.43 Å². The minimum Gasteiger partial charge on any atom is -0.455 e. The maximum absolute atomic E-state index is 12.0. The number of nitrogens with one attached hydrogen (secondary N) is 1. The van der Waals surface area contributed by atoms with E-state index in [-0.39, 0.29) is 6.54 Å². The second kappa shape index (κ2) is 8.89. The first-order valence-electron chi connectivity index (χ1n) is 8.79. The van der Waals surface area contributed by atoms with E-state index in [9.17, 15) is 4.79 Å². The lowest BCUT2D eigenvalue weighted by atomic mass is 10.2. The van der Waals surface area contributed by atoms with Gasteiger partial charge in [0.15, 0.2) is 0 Å². The molecule has 0 radical (unpaired) electrons. The molecule has 8 nitrogen and oxygen atoms in total. The molecule has 0 atom stereocenters. The molecule has 0 aliphatic heterocycles. The van der Waals surface area contributed by atoms with Gasteiger partial charge in [0.1, 0.15) is 18.1 Å². The Morgan fingerprint density at radius 2 is 1.93 bits per heavy atom. The molecular formula is C20H14Cl2N6O2. The number of amides is 1. The monoisotopic (exact) mass is 440 g/mol. The van der Waals surface area contributed by atoms with Crippen LogP contribution in [0.1, 0.15) is 5.76 Å². The summed E-state index contributed by atoms with van der Waals surface area (Å²) in [6, 6.07) is 18.1. The van der Waals surface area contributed by atoms with Crippen molar-refractivity contribution in [2.75, 3.05) is 0 Å². The molecule has 0 fully saturated rings. The molecule has 0 aliphatic rings. The highest BCUT2D eigenvalue weighted by atomic mass is 35.5. The average Bonchev–Trinajstić information content (AvgIpc) is 3.41. The topological polar surface area (TPSA) is 98.2 Å². The highest BCUT2D eigenvalue weighted by molar-refractivity contribution is 6.43. The molecule has 2 aromatic carbocycles. The molecule has 150 valence electrons. The van der Waals surface area contributed by atoms with Crippen molar-refractivity contribution in [2.45, 2.75) is 6.54 Å². The molecular weight excluding hydrogens is 427 g/mol. The van der Waals surface area contributed by atoms with Crippen molar-refractivity contribution < 1.29 is 9.21 Å². The number of furan rings is 1. The number of rotatable bonds is 6. The molecule has 0 saturated carbocycles. The number of aromatic nitrogens is 4. The Balaban J connectivity index is 1.35. The first-order chi connectivity index (χ1) is 14.6. The zero-order valence-electron chi connectivity index (χ0n) is 15.4. The van der Waals surface area contributed by atoms with Crippen molar-refractivity contribution in [3.63, 3.8) is 0 Å². The third kappa shape index (κ3) is 4.56. The lowest BCUT2D eigenvalue weighted by Gasteiger charge is -2.01. The zero-order chi connectivity index (χ0) is 20.9. The molecule has 1 amide bonds. The molecule has 0 unspecified atom stereocenters. The van der Waals surface area contributed by atoms with Gasteiger partial charge >= 0.3 is 0 Å². The van der Waals surface area contributed by atoms with Crippen molar-refractivity contribution in [1.29, 1.82) is 0 Å². The SMILES string of the molecule is O=C(Cn1nnc(-c2ccccc2)n1)NN=Cc1ccc(-c2cccc(Cl)c2Cl)o1. The highest BCUT2D eigenvalue weighted by Gasteiger charge is 2.11. The van der Waals surface area contributed by atoms with Gasteiger partial charge in [-0.2, -0.15) is 9.90 Å². The summed E-state index contributed by atoms with van der Waals surface area (Å²) in [5, 5.41) is 16.7. The van der Waals surface area contributed by atoms with E-state index in [1.54, 1.807) is 30.3 Å². The van der Waals surface area contributed by atoms with Gasteiger partial charge in [-0.15, -0.1) is 10.2 Å². The van der Waals surface area contributed by atoms with E-state index in [1.807, 2.05) is 30.3 Å². The van der Waals surface area contributed by atoms with Crippen LogP contribution in [-0.2, 0) is 11.3 Å². The molecule has 0 bridgehead atoms. The van der Waals surface area contributed by atoms with Gasteiger partial charge in [-0.1, -0.05) is 59.6 Å². The van der Waals surface area contributed by atoms with Crippen LogP contribution in [0.15, 0.2) is 70.2 Å². The van der Waals surface area contributed by atoms with Crippen molar-refractivity contribution >= 4 is 35.3 Å². The van der Waals surface area contributed by atoms with Crippen LogP contribution in [-0.4, -0.2) is 32.3 Å². The summed E-state index contributed by atoms with van der Waals surface area (Å²) in [5.41, 5.74) is 3.87. The number of hydrogen-bond acceptors (Lipinski definition) is 6. The molecule has 30 heavy (non-hydrogen) atoms. The maximum Gasteiger partial charge on any atom is 0.263 e. The zero-order valence-corrected chi connectivity index (χ0v) is 16.9. The Morgan fingerprint density at radius 1 is 1.10 bits per heavy atom. The van der Waals surface area contributed by atoms with E-state index < -0.39 is 5.91 Å². The second-order valence-electron chi connectivity index (χ2n) is 6.11. The van der Waals surface area contributed by atoms with Gasteiger partial charge in [0.2, 0.25) is 5.82 Å². The largest absolute Gasteiger partial charge is 0.455 e. The number of nitrogens with zero attached hydrogens (tertiary/aromatic N) is 5. The van der Waals surface area contributed by atoms with E-state index in [0.29, 0.717) is 33.0 Å². The van der Waals surface area contributed by atoms with E-state index in [1.165, 1.54) is 11.0 Å². The van der Waals surface area contributed by atoms with Gasteiger partial charge < -0.3 is 4.42 Å². The summed E-state index contributed by atoms with van der Waals surface area (Å²) in [7, 11) is 0. The van der Waals surface area contributed by atoms with Crippen molar-refractivity contribution in [1.82, 2.24) is 25.6 Å². The lowest BCUT2D eigenvalue weighted by Crippen LogP contribution is -2.24. The average molecular weight is 441 g/mol. The fraction of sp³-hybridized carbons (Fsp3) is 0.0500. The highest BCUT2D eigenvalue weighted by Crippen LogP contribution is 2.34. The maximum atomic E-state index is 12.0. The lowest BCUT2D eigenvalue weighted by molar-refractivity contribution is -0.122. The summed E-state index contributed by atoms with van der Waals surface area (Å²) in [6.07, 6.45) is 1.38. The van der Waals surface area contributed by atoms with Crippen molar-refractivity contribution in [2.24, 2.45) is 5.10 Å². The molecule has 0 saturated heterocycles. The fourth-order valence-corrected chi connectivity index (χ4v) is 3.00. The van der Waals surface area contributed by atoms with Gasteiger partial charge in [-0.3, -0.25) is 4.79 Å². The third-order valence-electron chi connectivity index (χ3n) is 3.99. The van der Waals surface area contributed by atoms with Gasteiger partial charge in [0, 0.05) is 11.1 Å². The fourth-order valence-electron chi connectivity index (χ4n) is 2.61. The number of tetrazole rings is 1. The summed E-state index contributed by atoms with van der Waals surface area (Å²) in [5.74, 6) is 1.00. The summed E-state index contributed by atoms with van der Waals surface area (Å²) in [4.78, 5) is 13.2. The Morgan fingerprint density at radius 3 is 2.77 bits per heavy atom. The van der Waals surface area contributed by atoms with Crippen LogP contribution in [0.4, 0.5) is 0 Å². The third-order valence-corrected chi connectivity index (χ3v) is 4.81. The molecule has 10 heteroatoms. The van der Waals surface area contributed by atoms with Crippen LogP contribution >= 0.6 is 23.2 Å². The van der Waals surface area contributed by atoms with Gasteiger partial charge in [0.05, 0.1) is 16.3 Å². The summed E-state index contributed by atoms with van der Waals surface area (Å²) in [6.45, 7) is -0.126. The number of carbonyl (C=O) groups excluding carboxylic acids is 1. The smallest absolute Gasteiger partial charge is 0.263 e. The van der Waals surface area contributed by atoms with Crippen LogP contribution in [0.25, 0.3) is 22.7 Å². The summed E-state index contributed by atoms with van der Waals surface area (Å²) < 4.78 is 5.67. The number of hydrogen-bond donors (Lipinski definition) is 1. The van der Waals surface area contributed by atoms with Crippen LogP contribution < -0.4 is 5.43 Å². The normalized spacial score (nSPS) is 11.1. The Bertz CT molecular complexity index is 1200. The van der Waals surface area contributed by atoms with Crippen molar-refractivity contribution in [3.8, 4) is 22.7 Å². The number of carbonyl (C=O) groups is 1. The van der Waals surface area contributed by atoms with Crippen LogP contribution in [0.3, 0.4) is 0 Å². The van der Waals surface area contributed by atoms with Gasteiger partial charge in [-0.05, 0) is 29.5 Å². The predicted octanol–water partition coefficient (Wildman–Crippen LogP) is 4.06. The predicted molar refractivity (Wildman–Crippen MR) is 113 cm³/mol. The summed E-state index contributed by atoms with van der Waals surface area (Å²) >= 11 is 12.2. The standard InChI is InChI=1S/C20H14Cl2N6O2/c21-16-8-4-7-15(19(16)22)17-10-9-14(30-17)11-23-24-18(29)12-28-26-20(25-27-28)13-5-2-1-3-6-13/h1-11H,12H2,(H,24,29). The Labute approximate surface area is 181 Å². The molecule has 2 aromatic heterocycles. The minimum atomic E-state index is -0.409. The molecule has 1 N–H and O–H groups in total. The Hall–Kier alpha value is -3.49. The molecule has 4 aromatic rings. The van der Waals surface area contributed by atoms with E-state index in [4.69, 9.17) is 27.6 Å². The van der Waals surface area contributed by atoms with Crippen LogP contribution in [0.5, 0.6) is 0 Å². The number of benzene rings is 2. The second-order valence-corrected chi connectivity index (χ2v) is 6.89. The van der Waals surface area contributed by atoms with Crippen LogP contribution in [0.2, 0.25) is 10.0 Å². The van der Waals surface area contributed by atoms with Crippen molar-refractivity contribution in [3.05, 3.63) is 76.5 Å². The molecule has 0 spiro atoms. The van der Waals surface area contributed by atoms with E-state index >= 15 is 0 Å². The first kappa shape index (κ1) is 19.8. The molecule has 0 aliphatic carbocycles. The quantitative estimate of drug-likeness (QED) is 0.360. The Kier molecular flexibility index (Phi) is 5.87. The first-order valence-corrected chi connectivity index (χ1v) is 9.55. The minimum absolute atomic E-state index is 0.126. The number of halogens is 2. The number of hydrazone groups is 1. The molecule has 4 rings (SSSR count). The van der Waals surface area contributed by atoms with Gasteiger partial charge in [0.25, 0.3) is 5.91 Å². The molecule has 2 heterocycles. The van der Waals surface area contributed by atoms with Crippen LogP contribution in [0, 0.1) is 0 Å². The van der Waals surface area contributed by atoms with E-state index in [0.717, 1.165) is 5.56 Å².